The Morgan fingerprint density at radius 3 is 2.69 bits per heavy atom. The molecular formula is C12H24N2O2. The van der Waals surface area contributed by atoms with E-state index >= 15 is 0 Å². The fourth-order valence-electron chi connectivity index (χ4n) is 2.43. The summed E-state index contributed by atoms with van der Waals surface area (Å²) >= 11 is 0. The van der Waals surface area contributed by atoms with Crippen LogP contribution in [0.1, 0.15) is 27.2 Å². The highest BCUT2D eigenvalue weighted by molar-refractivity contribution is 5.73. The van der Waals surface area contributed by atoms with Crippen molar-refractivity contribution in [3.05, 3.63) is 0 Å². The molecule has 0 saturated carbocycles. The number of aliphatic hydroxyl groups excluding tert-OH is 1. The monoisotopic (exact) mass is 228 g/mol. The molecule has 0 aromatic carbocycles. The maximum Gasteiger partial charge on any atom is 0.217 e. The summed E-state index contributed by atoms with van der Waals surface area (Å²) in [5.74, 6) is 1.27. The SMILES string of the molecule is CC(=O)NC1CC(C(C)C)CN(CCO)C1. The topological polar surface area (TPSA) is 52.6 Å². The number of nitrogens with one attached hydrogen (secondary N) is 1. The largest absolute Gasteiger partial charge is 0.395 e. The molecule has 1 heterocycles. The minimum absolute atomic E-state index is 0.0401. The van der Waals surface area contributed by atoms with E-state index in [1.54, 1.807) is 6.92 Å². The van der Waals surface area contributed by atoms with E-state index in [0.29, 0.717) is 18.4 Å². The van der Waals surface area contributed by atoms with Gasteiger partial charge >= 0.3 is 0 Å². The number of rotatable bonds is 4. The van der Waals surface area contributed by atoms with Crippen LogP contribution in [0, 0.1) is 11.8 Å². The van der Waals surface area contributed by atoms with Crippen molar-refractivity contribution in [2.45, 2.75) is 33.2 Å². The highest BCUT2D eigenvalue weighted by Crippen LogP contribution is 2.23. The van der Waals surface area contributed by atoms with Gasteiger partial charge in [0.1, 0.15) is 0 Å². The van der Waals surface area contributed by atoms with Crippen LogP contribution in [0.3, 0.4) is 0 Å². The van der Waals surface area contributed by atoms with Gasteiger partial charge in [0, 0.05) is 32.6 Å². The zero-order valence-electron chi connectivity index (χ0n) is 10.6. The predicted molar refractivity (Wildman–Crippen MR) is 64.1 cm³/mol. The van der Waals surface area contributed by atoms with Crippen molar-refractivity contribution in [3.63, 3.8) is 0 Å². The molecule has 2 N–H and O–H groups in total. The molecule has 94 valence electrons. The quantitative estimate of drug-likeness (QED) is 0.735. The molecule has 4 nitrogen and oxygen atoms in total. The number of carbonyl (C=O) groups excluding carboxylic acids is 1. The van der Waals surface area contributed by atoms with Gasteiger partial charge in [-0.15, -0.1) is 0 Å². The van der Waals surface area contributed by atoms with Gasteiger partial charge in [-0.3, -0.25) is 9.69 Å². The number of likely N-dealkylation sites (tertiary alicyclic amines) is 1. The number of hydrogen-bond donors (Lipinski definition) is 2. The molecule has 1 aliphatic heterocycles. The minimum Gasteiger partial charge on any atom is -0.395 e. The van der Waals surface area contributed by atoms with Crippen LogP contribution >= 0.6 is 0 Å². The van der Waals surface area contributed by atoms with Crippen molar-refractivity contribution in [1.82, 2.24) is 10.2 Å². The number of nitrogens with zero attached hydrogens (tertiary/aromatic N) is 1. The van der Waals surface area contributed by atoms with Crippen molar-refractivity contribution in [2.75, 3.05) is 26.2 Å². The molecule has 1 saturated heterocycles. The Morgan fingerprint density at radius 1 is 1.50 bits per heavy atom. The molecule has 1 amide bonds. The summed E-state index contributed by atoms with van der Waals surface area (Å²) in [5.41, 5.74) is 0. The maximum absolute atomic E-state index is 11.1. The lowest BCUT2D eigenvalue weighted by Gasteiger charge is -2.39. The lowest BCUT2D eigenvalue weighted by Crippen LogP contribution is -2.51. The smallest absolute Gasteiger partial charge is 0.217 e. The van der Waals surface area contributed by atoms with Crippen molar-refractivity contribution < 1.29 is 9.90 Å². The van der Waals surface area contributed by atoms with Crippen LogP contribution in [0.15, 0.2) is 0 Å². The summed E-state index contributed by atoms with van der Waals surface area (Å²) in [5, 5.41) is 12.0. The average Bonchev–Trinajstić information content (AvgIpc) is 2.16. The first kappa shape index (κ1) is 13.5. The van der Waals surface area contributed by atoms with Crippen molar-refractivity contribution in [2.24, 2.45) is 11.8 Å². The molecule has 1 aliphatic rings. The molecule has 16 heavy (non-hydrogen) atoms. The molecule has 2 atom stereocenters. The Bertz CT molecular complexity index is 231. The Hall–Kier alpha value is -0.610. The van der Waals surface area contributed by atoms with Crippen LogP contribution in [0.25, 0.3) is 0 Å². The van der Waals surface area contributed by atoms with Crippen LogP contribution in [0.5, 0.6) is 0 Å². The summed E-state index contributed by atoms with van der Waals surface area (Å²) in [6.07, 6.45) is 1.05. The number of carbonyl (C=O) groups is 1. The molecule has 0 spiro atoms. The van der Waals surface area contributed by atoms with Gasteiger partial charge in [-0.1, -0.05) is 13.8 Å². The van der Waals surface area contributed by atoms with Crippen molar-refractivity contribution >= 4 is 5.91 Å². The van der Waals surface area contributed by atoms with Gasteiger partial charge in [-0.05, 0) is 18.3 Å². The Kier molecular flexibility index (Phi) is 5.22. The highest BCUT2D eigenvalue weighted by Gasteiger charge is 2.28. The minimum atomic E-state index is 0.0401. The predicted octanol–water partition coefficient (Wildman–Crippen LogP) is 0.461. The number of amides is 1. The lowest BCUT2D eigenvalue weighted by atomic mass is 9.85. The van der Waals surface area contributed by atoms with Gasteiger partial charge in [0.05, 0.1) is 6.61 Å². The van der Waals surface area contributed by atoms with E-state index in [9.17, 15) is 4.79 Å². The Labute approximate surface area is 98.0 Å². The van der Waals surface area contributed by atoms with Gasteiger partial charge < -0.3 is 10.4 Å². The van der Waals surface area contributed by atoms with Crippen LogP contribution in [-0.2, 0) is 4.79 Å². The lowest BCUT2D eigenvalue weighted by molar-refractivity contribution is -0.120. The second-order valence-electron chi connectivity index (χ2n) is 5.12. The Morgan fingerprint density at radius 2 is 2.19 bits per heavy atom. The van der Waals surface area contributed by atoms with Crippen molar-refractivity contribution in [3.8, 4) is 0 Å². The first-order valence-electron chi connectivity index (χ1n) is 6.13. The zero-order chi connectivity index (χ0) is 12.1. The highest BCUT2D eigenvalue weighted by atomic mass is 16.3. The third kappa shape index (κ3) is 4.10. The van der Waals surface area contributed by atoms with Crippen molar-refractivity contribution in [1.29, 1.82) is 0 Å². The second kappa shape index (κ2) is 6.21. The summed E-state index contributed by atoms with van der Waals surface area (Å²) in [4.78, 5) is 13.3. The molecule has 4 heteroatoms. The van der Waals surface area contributed by atoms with Gasteiger partial charge in [-0.25, -0.2) is 0 Å². The number of β-amino-alcohol motifs (C(OH)–C–C–N with tert-alkyl or cyclic N) is 1. The third-order valence-corrected chi connectivity index (χ3v) is 3.32. The van der Waals surface area contributed by atoms with Crippen LogP contribution in [-0.4, -0.2) is 48.2 Å². The summed E-state index contributed by atoms with van der Waals surface area (Å²) in [7, 11) is 0. The molecule has 0 aromatic heterocycles. The second-order valence-corrected chi connectivity index (χ2v) is 5.12. The summed E-state index contributed by atoms with van der Waals surface area (Å²) in [6, 6.07) is 0.241. The van der Waals surface area contributed by atoms with E-state index in [1.807, 2.05) is 0 Å². The molecule has 0 bridgehead atoms. The normalized spacial score (nSPS) is 27.1. The van der Waals surface area contributed by atoms with E-state index < -0.39 is 0 Å². The van der Waals surface area contributed by atoms with Gasteiger partial charge in [0.2, 0.25) is 5.91 Å². The van der Waals surface area contributed by atoms with Crippen LogP contribution < -0.4 is 5.32 Å². The fourth-order valence-corrected chi connectivity index (χ4v) is 2.43. The molecule has 0 aromatic rings. The standard InChI is InChI=1S/C12H24N2O2/c1-9(2)11-6-12(13-10(3)16)8-14(7-11)4-5-15/h9,11-12,15H,4-8H2,1-3H3,(H,13,16). The number of aliphatic hydroxyl groups is 1. The van der Waals surface area contributed by atoms with Gasteiger partial charge in [0.15, 0.2) is 0 Å². The average molecular weight is 228 g/mol. The maximum atomic E-state index is 11.1. The molecule has 1 fully saturated rings. The van der Waals surface area contributed by atoms with E-state index in [2.05, 4.69) is 24.1 Å². The molecule has 0 aliphatic carbocycles. The number of hydrogen-bond acceptors (Lipinski definition) is 3. The van der Waals surface area contributed by atoms with E-state index in [4.69, 9.17) is 5.11 Å². The van der Waals surface area contributed by atoms with E-state index in [1.165, 1.54) is 0 Å². The third-order valence-electron chi connectivity index (χ3n) is 3.32. The fraction of sp³-hybridized carbons (Fsp3) is 0.917. The van der Waals surface area contributed by atoms with Crippen LogP contribution in [0.2, 0.25) is 0 Å². The first-order valence-corrected chi connectivity index (χ1v) is 6.13. The molecule has 2 unspecified atom stereocenters. The van der Waals surface area contributed by atoms with Gasteiger partial charge in [0.25, 0.3) is 0 Å². The first-order chi connectivity index (χ1) is 7.52. The van der Waals surface area contributed by atoms with Gasteiger partial charge in [-0.2, -0.15) is 0 Å². The molecule has 1 rings (SSSR count). The Balaban J connectivity index is 2.55. The zero-order valence-corrected chi connectivity index (χ0v) is 10.6. The van der Waals surface area contributed by atoms with E-state index in [0.717, 1.165) is 19.5 Å². The molecule has 0 radical (unpaired) electrons. The summed E-state index contributed by atoms with van der Waals surface area (Å²) < 4.78 is 0. The number of piperidine rings is 1. The van der Waals surface area contributed by atoms with E-state index in [-0.39, 0.29) is 18.6 Å². The summed E-state index contributed by atoms with van der Waals surface area (Å²) in [6.45, 7) is 8.81. The molecular weight excluding hydrogens is 204 g/mol. The van der Waals surface area contributed by atoms with Crippen LogP contribution in [0.4, 0.5) is 0 Å².